The number of fused-ring (bicyclic) bond motifs is 1. The Morgan fingerprint density at radius 1 is 1.41 bits per heavy atom. The maximum Gasteiger partial charge on any atom is 0.265 e. The van der Waals surface area contributed by atoms with Crippen molar-refractivity contribution in [1.82, 2.24) is 15.8 Å². The van der Waals surface area contributed by atoms with Crippen LogP contribution in [0.2, 0.25) is 0 Å². The molecule has 0 aliphatic carbocycles. The van der Waals surface area contributed by atoms with Crippen LogP contribution < -0.4 is 10.9 Å². The molecule has 1 aromatic carbocycles. The van der Waals surface area contributed by atoms with Crippen molar-refractivity contribution in [3.8, 4) is 0 Å². The molecule has 3 rings (SSSR count). The number of aryl methyl sites for hydroxylation is 1. The van der Waals surface area contributed by atoms with Crippen molar-refractivity contribution in [1.29, 1.82) is 0 Å². The Morgan fingerprint density at radius 2 is 2.30 bits per heavy atom. The molecule has 144 valence electrons. The molecule has 7 nitrogen and oxygen atoms in total. The molecule has 1 saturated heterocycles. The Balaban J connectivity index is 1.64. The highest BCUT2D eigenvalue weighted by molar-refractivity contribution is 5.97. The standard InChI is InChI=1S/C20H26N4O3/c1-14-7-8-15-13-16(9-10-17(15)22-14)20(25)24-23-18(5-3-11-21-2)19-6-4-12-26-27-19/h7-11,13,18-19,23H,3-6,12H2,1-2H3,(H,24,25). The summed E-state index contributed by atoms with van der Waals surface area (Å²) in [5.41, 5.74) is 8.34. The summed E-state index contributed by atoms with van der Waals surface area (Å²) in [5.74, 6) is -0.191. The Labute approximate surface area is 159 Å². The molecule has 0 saturated carbocycles. The molecule has 1 aromatic heterocycles. The quantitative estimate of drug-likeness (QED) is 0.445. The van der Waals surface area contributed by atoms with Crippen LogP contribution >= 0.6 is 0 Å². The van der Waals surface area contributed by atoms with Crippen molar-refractivity contribution in [3.63, 3.8) is 0 Å². The number of aromatic nitrogens is 1. The molecule has 2 unspecified atom stereocenters. The Morgan fingerprint density at radius 3 is 3.07 bits per heavy atom. The Hall–Kier alpha value is -2.35. The molecule has 2 heterocycles. The smallest absolute Gasteiger partial charge is 0.265 e. The summed E-state index contributed by atoms with van der Waals surface area (Å²) in [6.07, 6.45) is 5.16. The lowest BCUT2D eigenvalue weighted by molar-refractivity contribution is -0.349. The van der Waals surface area contributed by atoms with Gasteiger partial charge in [0.1, 0.15) is 6.10 Å². The van der Waals surface area contributed by atoms with Gasteiger partial charge in [-0.05, 0) is 63.1 Å². The predicted octanol–water partition coefficient (Wildman–Crippen LogP) is 2.74. The first kappa shape index (κ1) is 19.4. The van der Waals surface area contributed by atoms with Crippen molar-refractivity contribution in [3.05, 3.63) is 41.6 Å². The van der Waals surface area contributed by atoms with E-state index in [1.54, 1.807) is 13.1 Å². The number of carbonyl (C=O) groups excluding carboxylic acids is 1. The van der Waals surface area contributed by atoms with Crippen LogP contribution in [0.3, 0.4) is 0 Å². The fourth-order valence-electron chi connectivity index (χ4n) is 3.13. The van der Waals surface area contributed by atoms with E-state index in [1.807, 2.05) is 37.4 Å². The highest BCUT2D eigenvalue weighted by atomic mass is 17.2. The fraction of sp³-hybridized carbons (Fsp3) is 0.450. The number of rotatable bonds is 7. The van der Waals surface area contributed by atoms with E-state index in [9.17, 15) is 4.79 Å². The van der Waals surface area contributed by atoms with E-state index in [-0.39, 0.29) is 18.1 Å². The molecule has 27 heavy (non-hydrogen) atoms. The zero-order chi connectivity index (χ0) is 19.1. The second kappa shape index (κ2) is 9.55. The number of carbonyl (C=O) groups is 1. The summed E-state index contributed by atoms with van der Waals surface area (Å²) < 4.78 is 0. The Kier molecular flexibility index (Phi) is 6.86. The third-order valence-corrected chi connectivity index (χ3v) is 4.61. The number of benzene rings is 1. The van der Waals surface area contributed by atoms with Crippen molar-refractivity contribution < 1.29 is 14.6 Å². The molecule has 0 spiro atoms. The summed E-state index contributed by atoms with van der Waals surface area (Å²) >= 11 is 0. The molecular weight excluding hydrogens is 344 g/mol. The van der Waals surface area contributed by atoms with Crippen molar-refractivity contribution in [2.24, 2.45) is 4.99 Å². The molecule has 2 aromatic rings. The van der Waals surface area contributed by atoms with Gasteiger partial charge >= 0.3 is 0 Å². The van der Waals surface area contributed by atoms with E-state index >= 15 is 0 Å². The van der Waals surface area contributed by atoms with Gasteiger partial charge < -0.3 is 4.99 Å². The van der Waals surface area contributed by atoms with E-state index in [0.29, 0.717) is 12.2 Å². The number of pyridine rings is 1. The molecule has 1 aliphatic heterocycles. The molecule has 0 radical (unpaired) electrons. The number of nitrogens with one attached hydrogen (secondary N) is 2. The topological polar surface area (TPSA) is 84.8 Å². The molecule has 7 heteroatoms. The van der Waals surface area contributed by atoms with Gasteiger partial charge in [0.2, 0.25) is 0 Å². The van der Waals surface area contributed by atoms with E-state index in [1.165, 1.54) is 0 Å². The molecule has 2 atom stereocenters. The minimum atomic E-state index is -0.191. The van der Waals surface area contributed by atoms with Gasteiger partial charge in [0, 0.05) is 23.7 Å². The average molecular weight is 370 g/mol. The van der Waals surface area contributed by atoms with Crippen LogP contribution in [0, 0.1) is 6.92 Å². The van der Waals surface area contributed by atoms with Gasteiger partial charge in [-0.15, -0.1) is 0 Å². The zero-order valence-corrected chi connectivity index (χ0v) is 15.8. The largest absolute Gasteiger partial charge is 0.301 e. The highest BCUT2D eigenvalue weighted by Gasteiger charge is 2.26. The van der Waals surface area contributed by atoms with E-state index in [4.69, 9.17) is 9.78 Å². The predicted molar refractivity (Wildman–Crippen MR) is 105 cm³/mol. The third kappa shape index (κ3) is 5.32. The summed E-state index contributed by atoms with van der Waals surface area (Å²) in [5, 5.41) is 0.938. The highest BCUT2D eigenvalue weighted by Crippen LogP contribution is 2.17. The first-order valence-corrected chi connectivity index (χ1v) is 9.29. The van der Waals surface area contributed by atoms with Crippen molar-refractivity contribution in [2.75, 3.05) is 13.7 Å². The summed E-state index contributed by atoms with van der Waals surface area (Å²) in [7, 11) is 1.75. The molecule has 1 aliphatic rings. The van der Waals surface area contributed by atoms with E-state index in [0.717, 1.165) is 42.3 Å². The van der Waals surface area contributed by atoms with Gasteiger partial charge in [0.25, 0.3) is 5.91 Å². The minimum Gasteiger partial charge on any atom is -0.301 e. The molecule has 0 bridgehead atoms. The maximum absolute atomic E-state index is 12.6. The van der Waals surface area contributed by atoms with Crippen LogP contribution in [-0.4, -0.2) is 42.9 Å². The maximum atomic E-state index is 12.6. The lowest BCUT2D eigenvalue weighted by Crippen LogP contribution is -2.51. The van der Waals surface area contributed by atoms with Gasteiger partial charge in [0.05, 0.1) is 18.2 Å². The van der Waals surface area contributed by atoms with Gasteiger partial charge in [-0.3, -0.25) is 15.2 Å². The van der Waals surface area contributed by atoms with Gasteiger partial charge in [-0.2, -0.15) is 0 Å². The van der Waals surface area contributed by atoms with Gasteiger partial charge in [-0.25, -0.2) is 15.2 Å². The molecule has 2 N–H and O–H groups in total. The van der Waals surface area contributed by atoms with Crippen molar-refractivity contribution >= 4 is 23.0 Å². The van der Waals surface area contributed by atoms with Crippen LogP contribution in [-0.2, 0) is 9.78 Å². The van der Waals surface area contributed by atoms with E-state index in [2.05, 4.69) is 20.8 Å². The van der Waals surface area contributed by atoms with Crippen LogP contribution in [0.4, 0.5) is 0 Å². The number of nitrogens with zero attached hydrogens (tertiary/aromatic N) is 2. The second-order valence-electron chi connectivity index (χ2n) is 6.68. The lowest BCUT2D eigenvalue weighted by atomic mass is 10.0. The summed E-state index contributed by atoms with van der Waals surface area (Å²) in [6.45, 7) is 2.56. The molecular formula is C20H26N4O3. The van der Waals surface area contributed by atoms with E-state index < -0.39 is 0 Å². The number of hydrazine groups is 1. The zero-order valence-electron chi connectivity index (χ0n) is 15.8. The summed E-state index contributed by atoms with van der Waals surface area (Å²) in [6, 6.07) is 9.35. The number of hydrogen-bond acceptors (Lipinski definition) is 6. The number of amides is 1. The van der Waals surface area contributed by atoms with Crippen molar-refractivity contribution in [2.45, 2.75) is 44.8 Å². The van der Waals surface area contributed by atoms with Crippen LogP contribution in [0.25, 0.3) is 10.9 Å². The first-order chi connectivity index (χ1) is 13.2. The van der Waals surface area contributed by atoms with Crippen LogP contribution in [0.1, 0.15) is 41.7 Å². The fourth-order valence-corrected chi connectivity index (χ4v) is 3.13. The van der Waals surface area contributed by atoms with Gasteiger partial charge in [-0.1, -0.05) is 6.07 Å². The minimum absolute atomic E-state index is 0.0583. The summed E-state index contributed by atoms with van der Waals surface area (Å²) in [4.78, 5) is 31.6. The normalized spacial score (nSPS) is 18.7. The van der Waals surface area contributed by atoms with Crippen LogP contribution in [0.5, 0.6) is 0 Å². The number of aliphatic imine (C=N–C) groups is 1. The first-order valence-electron chi connectivity index (χ1n) is 9.29. The van der Waals surface area contributed by atoms with Gasteiger partial charge in [0.15, 0.2) is 0 Å². The average Bonchev–Trinajstić information content (AvgIpc) is 2.70. The lowest BCUT2D eigenvalue weighted by Gasteiger charge is -2.29. The second-order valence-corrected chi connectivity index (χ2v) is 6.68. The number of hydrogen-bond donors (Lipinski definition) is 2. The van der Waals surface area contributed by atoms with Crippen LogP contribution in [0.15, 0.2) is 35.3 Å². The monoisotopic (exact) mass is 370 g/mol. The molecule has 1 fully saturated rings. The third-order valence-electron chi connectivity index (χ3n) is 4.61. The Bertz CT molecular complexity index is 803. The molecule has 1 amide bonds. The SMILES string of the molecule is CN=CCCC(NNC(=O)c1ccc2nc(C)ccc2c1)C1CCCOO1.